The summed E-state index contributed by atoms with van der Waals surface area (Å²) in [5.74, 6) is 0.615. The van der Waals surface area contributed by atoms with Gasteiger partial charge in [-0.2, -0.15) is 0 Å². The van der Waals surface area contributed by atoms with Crippen molar-refractivity contribution in [3.05, 3.63) is 0 Å². The topological polar surface area (TPSA) is 41.6 Å². The van der Waals surface area contributed by atoms with Crippen molar-refractivity contribution in [2.24, 2.45) is 5.92 Å². The lowest BCUT2D eigenvalue weighted by Crippen LogP contribution is -2.48. The fourth-order valence-corrected chi connectivity index (χ4v) is 2.07. The summed E-state index contributed by atoms with van der Waals surface area (Å²) in [6.45, 7) is 11.0. The smallest absolute Gasteiger partial charge is 0.326 e. The Bertz CT molecular complexity index is 269. The highest BCUT2D eigenvalue weighted by Crippen LogP contribution is 2.16. The first-order valence-corrected chi connectivity index (χ1v) is 7.90. The highest BCUT2D eigenvalue weighted by Gasteiger charge is 2.32. The Labute approximate surface area is 125 Å². The van der Waals surface area contributed by atoms with Gasteiger partial charge in [0.1, 0.15) is 5.54 Å². The van der Waals surface area contributed by atoms with E-state index in [2.05, 4.69) is 31.1 Å². The van der Waals surface area contributed by atoms with Gasteiger partial charge in [0.15, 0.2) is 0 Å². The molecule has 0 radical (unpaired) electrons. The number of nitrogens with zero attached hydrogens (tertiary/aromatic N) is 1. The van der Waals surface area contributed by atoms with Crippen LogP contribution in [0.15, 0.2) is 0 Å². The Morgan fingerprint density at radius 3 is 2.45 bits per heavy atom. The standard InChI is InChI=1S/C16H34N2O2/c1-7-20-15(19)16(4,17-5)11-8-9-12-18(6)13-10-14(2)3/h14,17H,7-13H2,1-6H3. The van der Waals surface area contributed by atoms with Crippen LogP contribution in [0.5, 0.6) is 0 Å². The molecule has 0 saturated carbocycles. The van der Waals surface area contributed by atoms with Crippen LogP contribution in [0.25, 0.3) is 0 Å². The van der Waals surface area contributed by atoms with Gasteiger partial charge in [0.25, 0.3) is 0 Å². The van der Waals surface area contributed by atoms with Crippen LogP contribution in [0.2, 0.25) is 0 Å². The fraction of sp³-hybridized carbons (Fsp3) is 0.938. The molecule has 0 bridgehead atoms. The van der Waals surface area contributed by atoms with Crippen molar-refractivity contribution in [2.45, 2.75) is 58.9 Å². The monoisotopic (exact) mass is 286 g/mol. The van der Waals surface area contributed by atoms with Crippen molar-refractivity contribution in [1.29, 1.82) is 0 Å². The number of ether oxygens (including phenoxy) is 1. The van der Waals surface area contributed by atoms with E-state index in [1.807, 2.05) is 20.9 Å². The molecule has 4 heteroatoms. The molecule has 0 aromatic heterocycles. The summed E-state index contributed by atoms with van der Waals surface area (Å²) in [6.07, 6.45) is 4.21. The molecule has 0 saturated heterocycles. The van der Waals surface area contributed by atoms with E-state index in [4.69, 9.17) is 4.74 Å². The lowest BCUT2D eigenvalue weighted by molar-refractivity contribution is -0.150. The molecule has 1 unspecified atom stereocenters. The van der Waals surface area contributed by atoms with Gasteiger partial charge in [-0.25, -0.2) is 0 Å². The molecule has 4 nitrogen and oxygen atoms in total. The first-order valence-electron chi connectivity index (χ1n) is 7.90. The summed E-state index contributed by atoms with van der Waals surface area (Å²) in [5, 5.41) is 3.10. The highest BCUT2D eigenvalue weighted by atomic mass is 16.5. The molecular weight excluding hydrogens is 252 g/mol. The minimum Gasteiger partial charge on any atom is -0.465 e. The molecule has 0 spiro atoms. The number of nitrogens with one attached hydrogen (secondary N) is 1. The maximum atomic E-state index is 11.9. The van der Waals surface area contributed by atoms with Crippen LogP contribution in [0.1, 0.15) is 53.4 Å². The molecule has 0 heterocycles. The van der Waals surface area contributed by atoms with Crippen molar-refractivity contribution >= 4 is 5.97 Å². The summed E-state index contributed by atoms with van der Waals surface area (Å²) >= 11 is 0. The van der Waals surface area contributed by atoms with E-state index in [1.54, 1.807) is 0 Å². The maximum absolute atomic E-state index is 11.9. The average molecular weight is 286 g/mol. The summed E-state index contributed by atoms with van der Waals surface area (Å²) < 4.78 is 5.13. The number of unbranched alkanes of at least 4 members (excludes halogenated alkanes) is 1. The molecular formula is C16H34N2O2. The van der Waals surface area contributed by atoms with Crippen molar-refractivity contribution in [3.8, 4) is 0 Å². The minimum atomic E-state index is -0.549. The second-order valence-electron chi connectivity index (χ2n) is 6.25. The third kappa shape index (κ3) is 7.85. The Morgan fingerprint density at radius 2 is 1.95 bits per heavy atom. The van der Waals surface area contributed by atoms with Gasteiger partial charge in [-0.3, -0.25) is 4.79 Å². The van der Waals surface area contributed by atoms with Crippen LogP contribution < -0.4 is 5.32 Å². The quantitative estimate of drug-likeness (QED) is 0.468. The summed E-state index contributed by atoms with van der Waals surface area (Å²) in [4.78, 5) is 14.3. The molecule has 20 heavy (non-hydrogen) atoms. The van der Waals surface area contributed by atoms with Crippen molar-refractivity contribution in [2.75, 3.05) is 33.8 Å². The fourth-order valence-electron chi connectivity index (χ4n) is 2.07. The van der Waals surface area contributed by atoms with Crippen LogP contribution in [0.4, 0.5) is 0 Å². The van der Waals surface area contributed by atoms with E-state index in [1.165, 1.54) is 6.42 Å². The maximum Gasteiger partial charge on any atom is 0.326 e. The summed E-state index contributed by atoms with van der Waals surface area (Å²) in [6, 6.07) is 0. The first kappa shape index (κ1) is 19.4. The number of likely N-dealkylation sites (N-methyl/N-ethyl adjacent to an activating group) is 1. The predicted octanol–water partition coefficient (Wildman–Crippen LogP) is 2.68. The van der Waals surface area contributed by atoms with Gasteiger partial charge >= 0.3 is 5.97 Å². The van der Waals surface area contributed by atoms with Crippen LogP contribution in [-0.2, 0) is 9.53 Å². The molecule has 0 amide bonds. The third-order valence-corrected chi connectivity index (χ3v) is 3.83. The lowest BCUT2D eigenvalue weighted by atomic mass is 9.95. The highest BCUT2D eigenvalue weighted by molar-refractivity contribution is 5.80. The zero-order chi connectivity index (χ0) is 15.6. The van der Waals surface area contributed by atoms with Gasteiger partial charge in [-0.15, -0.1) is 0 Å². The zero-order valence-corrected chi connectivity index (χ0v) is 14.3. The van der Waals surface area contributed by atoms with Crippen molar-refractivity contribution in [1.82, 2.24) is 10.2 Å². The first-order chi connectivity index (χ1) is 9.35. The van der Waals surface area contributed by atoms with Crippen LogP contribution in [0.3, 0.4) is 0 Å². The number of hydrogen-bond acceptors (Lipinski definition) is 4. The molecule has 1 N–H and O–H groups in total. The van der Waals surface area contributed by atoms with Gasteiger partial charge < -0.3 is 15.0 Å². The Morgan fingerprint density at radius 1 is 1.30 bits per heavy atom. The molecule has 0 aromatic carbocycles. The van der Waals surface area contributed by atoms with E-state index < -0.39 is 5.54 Å². The van der Waals surface area contributed by atoms with Crippen LogP contribution >= 0.6 is 0 Å². The second kappa shape index (κ2) is 10.2. The van der Waals surface area contributed by atoms with Gasteiger partial charge in [0.2, 0.25) is 0 Å². The minimum absolute atomic E-state index is 0.143. The predicted molar refractivity (Wildman–Crippen MR) is 84.9 cm³/mol. The third-order valence-electron chi connectivity index (χ3n) is 3.83. The molecule has 0 fully saturated rings. The molecule has 0 aliphatic heterocycles. The Hall–Kier alpha value is -0.610. The Balaban J connectivity index is 3.93. The molecule has 0 rings (SSSR count). The van der Waals surface area contributed by atoms with E-state index >= 15 is 0 Å². The van der Waals surface area contributed by atoms with Gasteiger partial charge in [-0.1, -0.05) is 13.8 Å². The molecule has 0 aliphatic carbocycles. The molecule has 1 atom stereocenters. The van der Waals surface area contributed by atoms with Crippen molar-refractivity contribution in [3.63, 3.8) is 0 Å². The number of carbonyl (C=O) groups is 1. The average Bonchev–Trinajstić information content (AvgIpc) is 2.41. The normalized spacial score (nSPS) is 14.6. The largest absolute Gasteiger partial charge is 0.465 e. The number of rotatable bonds is 11. The van der Waals surface area contributed by atoms with Gasteiger partial charge in [0, 0.05) is 0 Å². The van der Waals surface area contributed by atoms with E-state index in [9.17, 15) is 4.79 Å². The van der Waals surface area contributed by atoms with Crippen LogP contribution in [0, 0.1) is 5.92 Å². The molecule has 0 aliphatic rings. The van der Waals surface area contributed by atoms with E-state index in [0.29, 0.717) is 6.61 Å². The van der Waals surface area contributed by atoms with E-state index in [-0.39, 0.29) is 5.97 Å². The molecule has 120 valence electrons. The summed E-state index contributed by atoms with van der Waals surface area (Å²) in [5.41, 5.74) is -0.549. The van der Waals surface area contributed by atoms with Crippen LogP contribution in [-0.4, -0.2) is 50.2 Å². The SMILES string of the molecule is CCOC(=O)C(C)(CCCCN(C)CCC(C)C)NC. The molecule has 0 aromatic rings. The van der Waals surface area contributed by atoms with Crippen molar-refractivity contribution < 1.29 is 9.53 Å². The lowest BCUT2D eigenvalue weighted by Gasteiger charge is -2.27. The van der Waals surface area contributed by atoms with Gasteiger partial charge in [-0.05, 0) is 72.6 Å². The second-order valence-corrected chi connectivity index (χ2v) is 6.25. The Kier molecular flexibility index (Phi) is 9.86. The summed E-state index contributed by atoms with van der Waals surface area (Å²) in [7, 11) is 4.00. The number of hydrogen-bond donors (Lipinski definition) is 1. The van der Waals surface area contributed by atoms with E-state index in [0.717, 1.165) is 38.3 Å². The number of carbonyl (C=O) groups excluding carboxylic acids is 1. The zero-order valence-electron chi connectivity index (χ0n) is 14.3. The van der Waals surface area contributed by atoms with Gasteiger partial charge in [0.05, 0.1) is 6.61 Å². The number of esters is 1.